The molecule has 5 rings (SSSR count). The second-order valence-corrected chi connectivity index (χ2v) is 8.77. The summed E-state index contributed by atoms with van der Waals surface area (Å²) in [4.78, 5) is 28.0. The van der Waals surface area contributed by atoms with E-state index in [1.54, 1.807) is 0 Å². The van der Waals surface area contributed by atoms with Crippen LogP contribution in [0.25, 0.3) is 0 Å². The number of amides is 1. The van der Waals surface area contributed by atoms with Gasteiger partial charge in [-0.25, -0.2) is 4.79 Å². The topological polar surface area (TPSA) is 58.6 Å². The van der Waals surface area contributed by atoms with Crippen LogP contribution in [0.3, 0.4) is 0 Å². The van der Waals surface area contributed by atoms with Gasteiger partial charge in [0.15, 0.2) is 0 Å². The average molecular weight is 374 g/mol. The summed E-state index contributed by atoms with van der Waals surface area (Å²) in [6.45, 7) is 0.307. The molecule has 5 fully saturated rings. The number of alkyl halides is 3. The van der Waals surface area contributed by atoms with E-state index < -0.39 is 12.1 Å². The van der Waals surface area contributed by atoms with Gasteiger partial charge in [-0.3, -0.25) is 4.79 Å². The SMILES string of the molecule is O=C(NC12CC3CC(CC(C3)C1)C2)C1CCN(OC(=O)C(F)(F)F)CC1. The third-order valence-corrected chi connectivity index (χ3v) is 6.69. The van der Waals surface area contributed by atoms with E-state index in [1.165, 1.54) is 19.3 Å². The summed E-state index contributed by atoms with van der Waals surface area (Å²) in [7, 11) is 0. The number of hydroxylamine groups is 2. The first-order valence-corrected chi connectivity index (χ1v) is 9.58. The first-order chi connectivity index (χ1) is 12.2. The van der Waals surface area contributed by atoms with E-state index in [0.717, 1.165) is 42.1 Å². The number of hydrogen-bond acceptors (Lipinski definition) is 4. The van der Waals surface area contributed by atoms with E-state index in [4.69, 9.17) is 0 Å². The Bertz CT molecular complexity index is 549. The van der Waals surface area contributed by atoms with Gasteiger partial charge in [0.25, 0.3) is 0 Å². The molecular formula is C18H25F3N2O3. The summed E-state index contributed by atoms with van der Waals surface area (Å²) in [5.41, 5.74) is -0.0499. The van der Waals surface area contributed by atoms with Gasteiger partial charge >= 0.3 is 12.1 Å². The van der Waals surface area contributed by atoms with Crippen molar-refractivity contribution in [2.75, 3.05) is 13.1 Å². The highest BCUT2D eigenvalue weighted by molar-refractivity contribution is 5.79. The van der Waals surface area contributed by atoms with Gasteiger partial charge < -0.3 is 10.2 Å². The van der Waals surface area contributed by atoms with E-state index in [-0.39, 0.29) is 30.5 Å². The van der Waals surface area contributed by atoms with Crippen molar-refractivity contribution in [1.82, 2.24) is 10.4 Å². The number of rotatable bonds is 3. The maximum absolute atomic E-state index is 12.8. The van der Waals surface area contributed by atoms with Crippen molar-refractivity contribution in [3.05, 3.63) is 0 Å². The molecule has 0 aromatic heterocycles. The normalized spacial score (nSPS) is 37.6. The lowest BCUT2D eigenvalue weighted by atomic mass is 9.53. The minimum atomic E-state index is -4.99. The van der Waals surface area contributed by atoms with Crippen LogP contribution >= 0.6 is 0 Å². The zero-order valence-corrected chi connectivity index (χ0v) is 14.7. The third-order valence-electron chi connectivity index (χ3n) is 6.69. The van der Waals surface area contributed by atoms with Gasteiger partial charge in [0.2, 0.25) is 5.91 Å². The molecule has 1 aliphatic heterocycles. The first kappa shape index (κ1) is 18.1. The summed E-state index contributed by atoms with van der Waals surface area (Å²) in [6.07, 6.45) is 2.96. The Hall–Kier alpha value is -1.31. The molecule has 1 heterocycles. The van der Waals surface area contributed by atoms with Gasteiger partial charge in [0.1, 0.15) is 0 Å². The summed E-state index contributed by atoms with van der Waals surface area (Å²) in [5, 5.41) is 4.35. The minimum Gasteiger partial charge on any atom is -0.361 e. The van der Waals surface area contributed by atoms with Crippen molar-refractivity contribution in [2.24, 2.45) is 23.7 Å². The molecule has 8 heteroatoms. The second-order valence-electron chi connectivity index (χ2n) is 8.77. The summed E-state index contributed by atoms with van der Waals surface area (Å²) in [5.74, 6) is -0.174. The van der Waals surface area contributed by atoms with Crippen LogP contribution in [0, 0.1) is 23.7 Å². The van der Waals surface area contributed by atoms with Gasteiger partial charge in [0.05, 0.1) is 0 Å². The fourth-order valence-corrected chi connectivity index (χ4v) is 6.01. The van der Waals surface area contributed by atoms with E-state index in [9.17, 15) is 22.8 Å². The number of hydrogen-bond donors (Lipinski definition) is 1. The van der Waals surface area contributed by atoms with Crippen LogP contribution < -0.4 is 5.32 Å². The molecule has 5 nitrogen and oxygen atoms in total. The molecule has 0 spiro atoms. The van der Waals surface area contributed by atoms with Crippen LogP contribution in [0.4, 0.5) is 13.2 Å². The van der Waals surface area contributed by atoms with Crippen LogP contribution in [-0.4, -0.2) is 41.7 Å². The minimum absolute atomic E-state index is 0.0220. The molecule has 0 aromatic carbocycles. The van der Waals surface area contributed by atoms with Crippen LogP contribution in [0.1, 0.15) is 51.4 Å². The number of carbonyl (C=O) groups excluding carboxylic acids is 2. The lowest BCUT2D eigenvalue weighted by Gasteiger charge is -2.57. The fourth-order valence-electron chi connectivity index (χ4n) is 6.01. The van der Waals surface area contributed by atoms with Crippen molar-refractivity contribution in [3.63, 3.8) is 0 Å². The van der Waals surface area contributed by atoms with E-state index in [0.29, 0.717) is 12.8 Å². The number of piperidine rings is 1. The van der Waals surface area contributed by atoms with E-state index in [2.05, 4.69) is 10.2 Å². The van der Waals surface area contributed by atoms with Gasteiger partial charge in [-0.15, -0.1) is 5.06 Å². The third kappa shape index (κ3) is 3.57. The van der Waals surface area contributed by atoms with Crippen LogP contribution in [0.15, 0.2) is 0 Å². The van der Waals surface area contributed by atoms with Crippen LogP contribution in [0.2, 0.25) is 0 Å². The van der Waals surface area contributed by atoms with Gasteiger partial charge in [-0.2, -0.15) is 13.2 Å². The highest BCUT2D eigenvalue weighted by Crippen LogP contribution is 2.55. The summed E-state index contributed by atoms with van der Waals surface area (Å²) < 4.78 is 36.8. The summed E-state index contributed by atoms with van der Waals surface area (Å²) >= 11 is 0. The highest BCUT2D eigenvalue weighted by atomic mass is 19.4. The maximum atomic E-state index is 12.8. The smallest absolute Gasteiger partial charge is 0.361 e. The van der Waals surface area contributed by atoms with Crippen LogP contribution in [0.5, 0.6) is 0 Å². The van der Waals surface area contributed by atoms with Gasteiger partial charge in [-0.1, -0.05) is 0 Å². The van der Waals surface area contributed by atoms with Crippen molar-refractivity contribution >= 4 is 11.9 Å². The Morgan fingerprint density at radius 2 is 1.46 bits per heavy atom. The van der Waals surface area contributed by atoms with Crippen molar-refractivity contribution in [3.8, 4) is 0 Å². The molecule has 1 N–H and O–H groups in total. The molecule has 4 bridgehead atoms. The van der Waals surface area contributed by atoms with Crippen molar-refractivity contribution in [1.29, 1.82) is 0 Å². The molecule has 0 atom stereocenters. The number of carbonyl (C=O) groups is 2. The number of nitrogens with zero attached hydrogens (tertiary/aromatic N) is 1. The lowest BCUT2D eigenvalue weighted by molar-refractivity contribution is -0.242. The Morgan fingerprint density at radius 3 is 1.92 bits per heavy atom. The Balaban J connectivity index is 1.29. The largest absolute Gasteiger partial charge is 0.492 e. The molecule has 26 heavy (non-hydrogen) atoms. The first-order valence-electron chi connectivity index (χ1n) is 9.58. The zero-order valence-electron chi connectivity index (χ0n) is 14.7. The Morgan fingerprint density at radius 1 is 0.962 bits per heavy atom. The average Bonchev–Trinajstić information content (AvgIpc) is 2.52. The molecule has 0 unspecified atom stereocenters. The molecule has 4 aliphatic carbocycles. The molecule has 5 aliphatic rings. The van der Waals surface area contributed by atoms with Crippen molar-refractivity contribution in [2.45, 2.75) is 63.1 Å². The quantitative estimate of drug-likeness (QED) is 0.825. The van der Waals surface area contributed by atoms with Gasteiger partial charge in [0, 0.05) is 24.5 Å². The standard InChI is InChI=1S/C18H25F3N2O3/c19-18(20,21)16(25)26-23-3-1-14(2-4-23)15(24)22-17-8-11-5-12(9-17)7-13(6-11)10-17/h11-14H,1-10H2,(H,22,24). The predicted octanol–water partition coefficient (Wildman–Crippen LogP) is 2.80. The fraction of sp³-hybridized carbons (Fsp3) is 0.889. The van der Waals surface area contributed by atoms with E-state index in [1.807, 2.05) is 0 Å². The molecular weight excluding hydrogens is 349 g/mol. The molecule has 1 saturated heterocycles. The second kappa shape index (κ2) is 6.39. The monoisotopic (exact) mass is 374 g/mol. The molecule has 0 aromatic rings. The molecule has 1 amide bonds. The maximum Gasteiger partial charge on any atom is 0.492 e. The van der Waals surface area contributed by atoms with Crippen LogP contribution in [-0.2, 0) is 14.4 Å². The number of halogens is 3. The molecule has 4 saturated carbocycles. The number of nitrogens with one attached hydrogen (secondary N) is 1. The zero-order chi connectivity index (χ0) is 18.5. The Kier molecular flexibility index (Phi) is 4.44. The summed E-state index contributed by atoms with van der Waals surface area (Å²) in [6, 6.07) is 0. The van der Waals surface area contributed by atoms with E-state index >= 15 is 0 Å². The molecule has 0 radical (unpaired) electrons. The Labute approximate surface area is 150 Å². The lowest BCUT2D eigenvalue weighted by Crippen LogP contribution is -2.61. The molecule has 146 valence electrons. The predicted molar refractivity (Wildman–Crippen MR) is 85.5 cm³/mol. The van der Waals surface area contributed by atoms with Crippen molar-refractivity contribution < 1.29 is 27.6 Å². The van der Waals surface area contributed by atoms with Gasteiger partial charge in [-0.05, 0) is 69.1 Å². The highest BCUT2D eigenvalue weighted by Gasteiger charge is 2.52.